The lowest BCUT2D eigenvalue weighted by atomic mass is 10.1. The van der Waals surface area contributed by atoms with Gasteiger partial charge in [-0.1, -0.05) is 0 Å². The minimum atomic E-state index is -0.452. The highest BCUT2D eigenvalue weighted by Gasteiger charge is 2.17. The summed E-state index contributed by atoms with van der Waals surface area (Å²) < 4.78 is 21.1. The molecule has 0 saturated carbocycles. The van der Waals surface area contributed by atoms with Crippen molar-refractivity contribution in [2.24, 2.45) is 0 Å². The van der Waals surface area contributed by atoms with E-state index in [4.69, 9.17) is 18.6 Å². The molecule has 0 spiro atoms. The Morgan fingerprint density at radius 3 is 2.59 bits per heavy atom. The number of hydrogen-bond acceptors (Lipinski definition) is 7. The van der Waals surface area contributed by atoms with Gasteiger partial charge in [0.1, 0.15) is 11.5 Å². The smallest absolute Gasteiger partial charge is 0.267 e. The van der Waals surface area contributed by atoms with Gasteiger partial charge in [0.25, 0.3) is 11.8 Å². The maximum absolute atomic E-state index is 12.8. The Morgan fingerprint density at radius 2 is 1.91 bits per heavy atom. The second kappa shape index (κ2) is 11.9. The molecule has 0 bridgehead atoms. The van der Waals surface area contributed by atoms with E-state index in [2.05, 4.69) is 15.5 Å². The van der Waals surface area contributed by atoms with Gasteiger partial charge in [0.05, 0.1) is 33.7 Å². The van der Waals surface area contributed by atoms with Crippen molar-refractivity contribution in [3.05, 3.63) is 53.6 Å². The maximum Gasteiger partial charge on any atom is 0.267 e. The van der Waals surface area contributed by atoms with Gasteiger partial charge in [-0.3, -0.25) is 14.5 Å². The summed E-state index contributed by atoms with van der Waals surface area (Å²) in [5.41, 5.74) is 0.416. The molecule has 2 aromatic rings. The number of carbonyl (C=O) groups is 2. The van der Waals surface area contributed by atoms with Crippen LogP contribution in [-0.4, -0.2) is 70.3 Å². The monoisotopic (exact) mass is 443 g/mol. The van der Waals surface area contributed by atoms with E-state index in [9.17, 15) is 9.59 Å². The summed E-state index contributed by atoms with van der Waals surface area (Å²) >= 11 is 0. The van der Waals surface area contributed by atoms with Crippen molar-refractivity contribution >= 4 is 17.9 Å². The quantitative estimate of drug-likeness (QED) is 0.427. The van der Waals surface area contributed by atoms with Crippen molar-refractivity contribution < 1.29 is 28.2 Å². The average molecular weight is 444 g/mol. The normalized spacial score (nSPS) is 14.6. The van der Waals surface area contributed by atoms with Gasteiger partial charge in [-0.2, -0.15) is 0 Å². The molecule has 172 valence electrons. The number of amides is 2. The number of benzene rings is 1. The van der Waals surface area contributed by atoms with Gasteiger partial charge in [0.15, 0.2) is 11.5 Å². The van der Waals surface area contributed by atoms with E-state index in [1.165, 1.54) is 26.6 Å². The maximum atomic E-state index is 12.8. The molecule has 1 saturated heterocycles. The zero-order chi connectivity index (χ0) is 22.8. The molecule has 0 radical (unpaired) electrons. The molecule has 2 amide bonds. The number of nitrogens with one attached hydrogen (secondary N) is 2. The van der Waals surface area contributed by atoms with Gasteiger partial charge in [-0.15, -0.1) is 0 Å². The van der Waals surface area contributed by atoms with Crippen LogP contribution >= 0.6 is 0 Å². The van der Waals surface area contributed by atoms with E-state index in [1.807, 2.05) is 0 Å². The van der Waals surface area contributed by atoms with Crippen LogP contribution in [0.5, 0.6) is 11.5 Å². The molecule has 0 unspecified atom stereocenters. The van der Waals surface area contributed by atoms with Crippen LogP contribution in [0.3, 0.4) is 0 Å². The summed E-state index contributed by atoms with van der Waals surface area (Å²) in [7, 11) is 3.01. The van der Waals surface area contributed by atoms with Gasteiger partial charge >= 0.3 is 0 Å². The van der Waals surface area contributed by atoms with Gasteiger partial charge in [0, 0.05) is 31.3 Å². The van der Waals surface area contributed by atoms with Crippen LogP contribution in [0.25, 0.3) is 6.08 Å². The molecule has 1 fully saturated rings. The minimum Gasteiger partial charge on any atom is -0.493 e. The third kappa shape index (κ3) is 6.60. The van der Waals surface area contributed by atoms with E-state index in [0.29, 0.717) is 29.4 Å². The van der Waals surface area contributed by atoms with Crippen LogP contribution in [0.15, 0.2) is 46.7 Å². The second-order valence-corrected chi connectivity index (χ2v) is 7.16. The first-order chi connectivity index (χ1) is 15.6. The van der Waals surface area contributed by atoms with E-state index < -0.39 is 11.8 Å². The number of hydrogen-bond donors (Lipinski definition) is 2. The molecule has 2 heterocycles. The number of morpholine rings is 1. The fraction of sp³-hybridized carbons (Fsp3) is 0.391. The third-order valence-electron chi connectivity index (χ3n) is 5.01. The molecule has 9 heteroatoms. The fourth-order valence-electron chi connectivity index (χ4n) is 3.27. The summed E-state index contributed by atoms with van der Waals surface area (Å²) in [6, 6.07) is 8.20. The van der Waals surface area contributed by atoms with E-state index in [1.54, 1.807) is 30.3 Å². The standard InChI is InChI=1S/C23H29N3O6/c1-29-20-7-6-17(15-21(20)30-2)22(27)25-19(16-18-5-3-12-32-18)23(28)24-8-4-9-26-10-13-31-14-11-26/h3,5-7,12,15-16H,4,8-11,13-14H2,1-2H3,(H,24,28)(H,25,27)/b19-16-. The number of furan rings is 1. The number of rotatable bonds is 10. The molecule has 0 atom stereocenters. The van der Waals surface area contributed by atoms with Gasteiger partial charge in [0.2, 0.25) is 0 Å². The third-order valence-corrected chi connectivity index (χ3v) is 5.01. The molecule has 3 rings (SSSR count). The fourth-order valence-corrected chi connectivity index (χ4v) is 3.27. The highest BCUT2D eigenvalue weighted by molar-refractivity contribution is 6.05. The highest BCUT2D eigenvalue weighted by Crippen LogP contribution is 2.27. The Hall–Kier alpha value is -3.30. The van der Waals surface area contributed by atoms with Gasteiger partial charge in [-0.25, -0.2) is 0 Å². The Bertz CT molecular complexity index is 920. The van der Waals surface area contributed by atoms with Crippen molar-refractivity contribution in [1.29, 1.82) is 0 Å². The van der Waals surface area contributed by atoms with Crippen LogP contribution in [0.1, 0.15) is 22.5 Å². The first-order valence-electron chi connectivity index (χ1n) is 10.5. The van der Waals surface area contributed by atoms with Crippen LogP contribution in [0, 0.1) is 0 Å². The summed E-state index contributed by atoms with van der Waals surface area (Å²) in [5.74, 6) is 0.540. The summed E-state index contributed by atoms with van der Waals surface area (Å²) in [4.78, 5) is 27.9. The zero-order valence-corrected chi connectivity index (χ0v) is 18.4. The first kappa shape index (κ1) is 23.4. The summed E-state index contributed by atoms with van der Waals surface area (Å²) in [5, 5.41) is 5.54. The molecule has 32 heavy (non-hydrogen) atoms. The molecule has 2 N–H and O–H groups in total. The van der Waals surface area contributed by atoms with Crippen molar-refractivity contribution in [1.82, 2.24) is 15.5 Å². The molecule has 9 nitrogen and oxygen atoms in total. The molecule has 1 aliphatic rings. The lowest BCUT2D eigenvalue weighted by Crippen LogP contribution is -2.39. The summed E-state index contributed by atoms with van der Waals surface area (Å²) in [6.07, 6.45) is 3.79. The second-order valence-electron chi connectivity index (χ2n) is 7.16. The molecule has 1 aromatic heterocycles. The van der Waals surface area contributed by atoms with Gasteiger partial charge < -0.3 is 29.3 Å². The SMILES string of the molecule is COc1ccc(C(=O)N/C(=C\c2ccco2)C(=O)NCCCN2CCOCC2)cc1OC. The average Bonchev–Trinajstić information content (AvgIpc) is 3.34. The number of methoxy groups -OCH3 is 2. The predicted octanol–water partition coefficient (Wildman–Crippen LogP) is 1.91. The highest BCUT2D eigenvalue weighted by atomic mass is 16.5. The van der Waals surface area contributed by atoms with E-state index in [0.717, 1.165) is 39.3 Å². The van der Waals surface area contributed by atoms with Crippen LogP contribution < -0.4 is 20.1 Å². The Morgan fingerprint density at radius 1 is 1.12 bits per heavy atom. The van der Waals surface area contributed by atoms with Crippen molar-refractivity contribution in [2.45, 2.75) is 6.42 Å². The minimum absolute atomic E-state index is 0.0890. The molecule has 0 aliphatic carbocycles. The van der Waals surface area contributed by atoms with E-state index in [-0.39, 0.29) is 5.70 Å². The predicted molar refractivity (Wildman–Crippen MR) is 119 cm³/mol. The zero-order valence-electron chi connectivity index (χ0n) is 18.4. The number of carbonyl (C=O) groups excluding carboxylic acids is 2. The van der Waals surface area contributed by atoms with Crippen molar-refractivity contribution in [2.75, 3.05) is 53.6 Å². The Kier molecular flexibility index (Phi) is 8.70. The number of nitrogens with zero attached hydrogens (tertiary/aromatic N) is 1. The van der Waals surface area contributed by atoms with Crippen LogP contribution in [-0.2, 0) is 9.53 Å². The van der Waals surface area contributed by atoms with E-state index >= 15 is 0 Å². The molecular formula is C23H29N3O6. The Labute approximate surface area is 187 Å². The Balaban J connectivity index is 1.63. The van der Waals surface area contributed by atoms with Gasteiger partial charge in [-0.05, 0) is 43.3 Å². The van der Waals surface area contributed by atoms with Crippen LogP contribution in [0.4, 0.5) is 0 Å². The largest absolute Gasteiger partial charge is 0.493 e. The lowest BCUT2D eigenvalue weighted by Gasteiger charge is -2.26. The van der Waals surface area contributed by atoms with Crippen molar-refractivity contribution in [3.8, 4) is 11.5 Å². The van der Waals surface area contributed by atoms with Crippen LogP contribution in [0.2, 0.25) is 0 Å². The molecule has 1 aliphatic heterocycles. The topological polar surface area (TPSA) is 102 Å². The summed E-state index contributed by atoms with van der Waals surface area (Å²) in [6.45, 7) is 4.64. The number of ether oxygens (including phenoxy) is 3. The lowest BCUT2D eigenvalue weighted by molar-refractivity contribution is -0.117. The molecule has 1 aromatic carbocycles. The first-order valence-corrected chi connectivity index (χ1v) is 10.5. The molecular weight excluding hydrogens is 414 g/mol. The van der Waals surface area contributed by atoms with Crippen molar-refractivity contribution in [3.63, 3.8) is 0 Å².